The van der Waals surface area contributed by atoms with Crippen LogP contribution in [0.4, 0.5) is 10.5 Å². The number of ether oxygens (including phenoxy) is 1. The fraction of sp³-hybridized carbons (Fsp3) is 0.214. The Morgan fingerprint density at radius 1 is 1.53 bits per heavy atom. The minimum atomic E-state index is -0.440. The second-order valence-corrected chi connectivity index (χ2v) is 3.53. The number of hydrogen-bond donors (Lipinski definition) is 1. The van der Waals surface area contributed by atoms with Gasteiger partial charge in [-0.1, -0.05) is 36.4 Å². The third-order valence-electron chi connectivity index (χ3n) is 2.13. The van der Waals surface area contributed by atoms with Crippen LogP contribution in [-0.4, -0.2) is 12.7 Å². The van der Waals surface area contributed by atoms with Gasteiger partial charge < -0.3 is 4.74 Å². The molecule has 1 aromatic carbocycles. The SMILES string of the molecule is C=C/C=C\c1cc(C)ccc1NC(=O)OCC. The van der Waals surface area contributed by atoms with Crippen LogP contribution in [0.5, 0.6) is 0 Å². The van der Waals surface area contributed by atoms with Gasteiger partial charge in [0, 0.05) is 0 Å². The molecule has 1 amide bonds. The van der Waals surface area contributed by atoms with E-state index in [2.05, 4.69) is 11.9 Å². The summed E-state index contributed by atoms with van der Waals surface area (Å²) in [6.07, 6.45) is 4.97. The molecule has 0 aliphatic rings. The molecule has 1 aromatic rings. The molecular formula is C14H17NO2. The first kappa shape index (κ1) is 13.0. The third-order valence-corrected chi connectivity index (χ3v) is 2.13. The van der Waals surface area contributed by atoms with Crippen LogP contribution in [0.15, 0.2) is 36.9 Å². The molecular weight excluding hydrogens is 214 g/mol. The number of nitrogens with one attached hydrogen (secondary N) is 1. The Labute approximate surface area is 102 Å². The average Bonchev–Trinajstić information content (AvgIpc) is 2.30. The molecule has 0 atom stereocenters. The summed E-state index contributed by atoms with van der Waals surface area (Å²) in [5, 5.41) is 2.70. The number of benzene rings is 1. The third kappa shape index (κ3) is 4.15. The van der Waals surface area contributed by atoms with Crippen LogP contribution in [0, 0.1) is 6.92 Å². The zero-order valence-corrected chi connectivity index (χ0v) is 10.2. The summed E-state index contributed by atoms with van der Waals surface area (Å²) in [6.45, 7) is 7.75. The second kappa shape index (κ2) is 6.53. The fourth-order valence-corrected chi connectivity index (χ4v) is 1.38. The average molecular weight is 231 g/mol. The van der Waals surface area contributed by atoms with Crippen LogP contribution in [0.2, 0.25) is 0 Å². The van der Waals surface area contributed by atoms with E-state index in [1.807, 2.05) is 37.3 Å². The van der Waals surface area contributed by atoms with Crippen molar-refractivity contribution in [3.05, 3.63) is 48.1 Å². The van der Waals surface area contributed by atoms with Gasteiger partial charge in [-0.15, -0.1) is 0 Å². The molecule has 0 spiro atoms. The van der Waals surface area contributed by atoms with Gasteiger partial charge in [0.05, 0.1) is 12.3 Å². The first-order valence-electron chi connectivity index (χ1n) is 5.51. The van der Waals surface area contributed by atoms with Gasteiger partial charge in [-0.2, -0.15) is 0 Å². The lowest BCUT2D eigenvalue weighted by atomic mass is 10.1. The van der Waals surface area contributed by atoms with Crippen molar-refractivity contribution in [2.75, 3.05) is 11.9 Å². The summed E-state index contributed by atoms with van der Waals surface area (Å²) < 4.78 is 4.84. The number of allylic oxidation sites excluding steroid dienone is 2. The number of hydrogen-bond acceptors (Lipinski definition) is 2. The maximum absolute atomic E-state index is 11.3. The van der Waals surface area contributed by atoms with Crippen molar-refractivity contribution in [3.8, 4) is 0 Å². The molecule has 3 heteroatoms. The highest BCUT2D eigenvalue weighted by molar-refractivity contribution is 5.88. The van der Waals surface area contributed by atoms with E-state index in [4.69, 9.17) is 4.74 Å². The van der Waals surface area contributed by atoms with Crippen molar-refractivity contribution >= 4 is 17.9 Å². The van der Waals surface area contributed by atoms with E-state index < -0.39 is 6.09 Å². The Morgan fingerprint density at radius 2 is 2.29 bits per heavy atom. The summed E-state index contributed by atoms with van der Waals surface area (Å²) in [4.78, 5) is 11.3. The molecule has 0 aromatic heterocycles. The van der Waals surface area contributed by atoms with Crippen molar-refractivity contribution in [3.63, 3.8) is 0 Å². The van der Waals surface area contributed by atoms with Crippen molar-refractivity contribution < 1.29 is 9.53 Å². The predicted octanol–water partition coefficient (Wildman–Crippen LogP) is 3.76. The van der Waals surface area contributed by atoms with Crippen molar-refractivity contribution in [1.29, 1.82) is 0 Å². The normalized spacial score (nSPS) is 10.2. The minimum Gasteiger partial charge on any atom is -0.450 e. The van der Waals surface area contributed by atoms with Gasteiger partial charge in [-0.25, -0.2) is 4.79 Å². The second-order valence-electron chi connectivity index (χ2n) is 3.53. The lowest BCUT2D eigenvalue weighted by Gasteiger charge is -2.09. The van der Waals surface area contributed by atoms with Gasteiger partial charge in [0.1, 0.15) is 0 Å². The van der Waals surface area contributed by atoms with E-state index in [1.165, 1.54) is 0 Å². The van der Waals surface area contributed by atoms with Gasteiger partial charge in [0.2, 0.25) is 0 Å². The van der Waals surface area contributed by atoms with E-state index in [9.17, 15) is 4.79 Å². The number of carbonyl (C=O) groups is 1. The topological polar surface area (TPSA) is 38.3 Å². The number of rotatable bonds is 4. The monoisotopic (exact) mass is 231 g/mol. The summed E-state index contributed by atoms with van der Waals surface area (Å²) in [7, 11) is 0. The first-order valence-corrected chi connectivity index (χ1v) is 5.51. The van der Waals surface area contributed by atoms with Gasteiger partial charge in [0.15, 0.2) is 0 Å². The standard InChI is InChI=1S/C14H17NO2/c1-4-6-7-12-10-11(3)8-9-13(12)15-14(16)17-5-2/h4,6-10H,1,5H2,2-3H3,(H,15,16)/b7-6-. The highest BCUT2D eigenvalue weighted by Crippen LogP contribution is 2.19. The van der Waals surface area contributed by atoms with Crippen molar-refractivity contribution in [2.45, 2.75) is 13.8 Å². The van der Waals surface area contributed by atoms with Crippen LogP contribution in [-0.2, 0) is 4.74 Å². The van der Waals surface area contributed by atoms with E-state index in [0.717, 1.165) is 16.8 Å². The van der Waals surface area contributed by atoms with Crippen LogP contribution in [0.1, 0.15) is 18.1 Å². The molecule has 0 aliphatic carbocycles. The summed E-state index contributed by atoms with van der Waals surface area (Å²) >= 11 is 0. The number of anilines is 1. The van der Waals surface area contributed by atoms with Crippen LogP contribution in [0.25, 0.3) is 6.08 Å². The first-order chi connectivity index (χ1) is 8.17. The van der Waals surface area contributed by atoms with Crippen LogP contribution >= 0.6 is 0 Å². The minimum absolute atomic E-state index is 0.357. The maximum Gasteiger partial charge on any atom is 0.411 e. The van der Waals surface area contributed by atoms with E-state index in [-0.39, 0.29) is 0 Å². The highest BCUT2D eigenvalue weighted by atomic mass is 16.5. The number of aryl methyl sites for hydroxylation is 1. The Hall–Kier alpha value is -2.03. The molecule has 1 N–H and O–H groups in total. The number of amides is 1. The predicted molar refractivity (Wildman–Crippen MR) is 71.1 cm³/mol. The lowest BCUT2D eigenvalue weighted by Crippen LogP contribution is -2.14. The zero-order valence-electron chi connectivity index (χ0n) is 10.2. The smallest absolute Gasteiger partial charge is 0.411 e. The Kier molecular flexibility index (Phi) is 5.01. The molecule has 90 valence electrons. The summed E-state index contributed by atoms with van der Waals surface area (Å²) in [5.41, 5.74) is 2.79. The zero-order chi connectivity index (χ0) is 12.7. The Bertz CT molecular complexity index is 436. The maximum atomic E-state index is 11.3. The molecule has 0 aliphatic heterocycles. The molecule has 0 fully saturated rings. The van der Waals surface area contributed by atoms with Crippen LogP contribution < -0.4 is 5.32 Å². The fourth-order valence-electron chi connectivity index (χ4n) is 1.38. The molecule has 0 radical (unpaired) electrons. The Balaban J connectivity index is 2.93. The lowest BCUT2D eigenvalue weighted by molar-refractivity contribution is 0.168. The molecule has 0 heterocycles. The summed E-state index contributed by atoms with van der Waals surface area (Å²) in [5.74, 6) is 0. The van der Waals surface area contributed by atoms with Gasteiger partial charge in [-0.05, 0) is 31.5 Å². The highest BCUT2D eigenvalue weighted by Gasteiger charge is 2.05. The van der Waals surface area contributed by atoms with E-state index in [1.54, 1.807) is 13.0 Å². The van der Waals surface area contributed by atoms with Crippen molar-refractivity contribution in [1.82, 2.24) is 0 Å². The molecule has 0 unspecified atom stereocenters. The van der Waals surface area contributed by atoms with Crippen LogP contribution in [0.3, 0.4) is 0 Å². The quantitative estimate of drug-likeness (QED) is 0.801. The van der Waals surface area contributed by atoms with E-state index in [0.29, 0.717) is 6.61 Å². The summed E-state index contributed by atoms with van der Waals surface area (Å²) in [6, 6.07) is 5.78. The molecule has 0 saturated carbocycles. The molecule has 3 nitrogen and oxygen atoms in total. The molecule has 1 rings (SSSR count). The number of carbonyl (C=O) groups excluding carboxylic acids is 1. The molecule has 0 bridgehead atoms. The largest absolute Gasteiger partial charge is 0.450 e. The van der Waals surface area contributed by atoms with Gasteiger partial charge in [-0.3, -0.25) is 5.32 Å². The van der Waals surface area contributed by atoms with Gasteiger partial charge in [0.25, 0.3) is 0 Å². The van der Waals surface area contributed by atoms with Gasteiger partial charge >= 0.3 is 6.09 Å². The van der Waals surface area contributed by atoms with E-state index >= 15 is 0 Å². The Morgan fingerprint density at radius 3 is 2.94 bits per heavy atom. The van der Waals surface area contributed by atoms with Crippen molar-refractivity contribution in [2.24, 2.45) is 0 Å². The molecule has 17 heavy (non-hydrogen) atoms. The molecule has 0 saturated heterocycles.